The molecule has 2 rings (SSSR count). The lowest BCUT2D eigenvalue weighted by molar-refractivity contribution is 0.171. The summed E-state index contributed by atoms with van der Waals surface area (Å²) >= 11 is 0. The van der Waals surface area contributed by atoms with Crippen molar-refractivity contribution in [2.45, 2.75) is 4.90 Å². The second kappa shape index (κ2) is 7.12. The molecular weight excluding hydrogens is 304 g/mol. The topological polar surface area (TPSA) is 67.9 Å². The first-order valence-corrected chi connectivity index (χ1v) is 7.51. The first-order chi connectivity index (χ1) is 8.99. The minimum Gasteiger partial charge on any atom is -0.486 e. The van der Waals surface area contributed by atoms with E-state index in [1.807, 2.05) is 19.0 Å². The molecule has 0 fully saturated rings. The quantitative estimate of drug-likeness (QED) is 0.865. The molecule has 0 aromatic heterocycles. The number of likely N-dealkylation sites (N-methyl/N-ethyl adjacent to an activating group) is 1. The normalized spacial score (nSPS) is 13.9. The largest absolute Gasteiger partial charge is 0.486 e. The van der Waals surface area contributed by atoms with Crippen molar-refractivity contribution >= 4 is 22.4 Å². The molecule has 1 heterocycles. The second-order valence-electron chi connectivity index (χ2n) is 4.51. The van der Waals surface area contributed by atoms with Gasteiger partial charge in [0.1, 0.15) is 13.2 Å². The molecule has 8 heteroatoms. The standard InChI is InChI=1S/C12H18N2O4S.ClH/c1-14(2)6-5-13-19(15,16)10-3-4-11-12(9-10)18-8-7-17-11;/h3-4,9,13H,5-8H2,1-2H3;1H. The van der Waals surface area contributed by atoms with E-state index in [9.17, 15) is 8.42 Å². The van der Waals surface area contributed by atoms with Gasteiger partial charge in [0.05, 0.1) is 4.90 Å². The highest BCUT2D eigenvalue weighted by molar-refractivity contribution is 7.89. The van der Waals surface area contributed by atoms with E-state index >= 15 is 0 Å². The SMILES string of the molecule is CN(C)CCNS(=O)(=O)c1ccc2c(c1)OCCO2.Cl. The van der Waals surface area contributed by atoms with Crippen LogP contribution >= 0.6 is 12.4 Å². The zero-order valence-corrected chi connectivity index (χ0v) is 13.1. The van der Waals surface area contributed by atoms with Gasteiger partial charge < -0.3 is 14.4 Å². The lowest BCUT2D eigenvalue weighted by Gasteiger charge is -2.19. The molecule has 20 heavy (non-hydrogen) atoms. The Morgan fingerprint density at radius 1 is 1.20 bits per heavy atom. The van der Waals surface area contributed by atoms with Crippen molar-refractivity contribution in [3.8, 4) is 11.5 Å². The van der Waals surface area contributed by atoms with Crippen LogP contribution in [0.2, 0.25) is 0 Å². The van der Waals surface area contributed by atoms with Crippen LogP contribution in [0.25, 0.3) is 0 Å². The first kappa shape index (κ1) is 17.0. The molecule has 1 aliphatic heterocycles. The fourth-order valence-corrected chi connectivity index (χ4v) is 2.71. The van der Waals surface area contributed by atoms with E-state index in [1.54, 1.807) is 6.07 Å². The van der Waals surface area contributed by atoms with Crippen molar-refractivity contribution in [1.29, 1.82) is 0 Å². The molecule has 0 bridgehead atoms. The van der Waals surface area contributed by atoms with Crippen LogP contribution in [-0.4, -0.2) is 53.7 Å². The van der Waals surface area contributed by atoms with Crippen LogP contribution in [0.15, 0.2) is 23.1 Å². The van der Waals surface area contributed by atoms with Gasteiger partial charge in [-0.2, -0.15) is 0 Å². The van der Waals surface area contributed by atoms with Crippen LogP contribution in [0.4, 0.5) is 0 Å². The fraction of sp³-hybridized carbons (Fsp3) is 0.500. The van der Waals surface area contributed by atoms with Gasteiger partial charge in [0.2, 0.25) is 10.0 Å². The number of nitrogens with one attached hydrogen (secondary N) is 1. The van der Waals surface area contributed by atoms with Crippen molar-refractivity contribution in [2.24, 2.45) is 0 Å². The molecule has 1 aliphatic rings. The third-order valence-electron chi connectivity index (χ3n) is 2.68. The van der Waals surface area contributed by atoms with Crippen LogP contribution in [0.5, 0.6) is 11.5 Å². The Bertz CT molecular complexity index is 548. The molecule has 0 radical (unpaired) electrons. The molecule has 0 saturated heterocycles. The van der Waals surface area contributed by atoms with Gasteiger partial charge in [-0.3, -0.25) is 0 Å². The minimum absolute atomic E-state index is 0. The number of sulfonamides is 1. The fourth-order valence-electron chi connectivity index (χ4n) is 1.68. The summed E-state index contributed by atoms with van der Waals surface area (Å²) in [6.07, 6.45) is 0. The van der Waals surface area contributed by atoms with Crippen molar-refractivity contribution < 1.29 is 17.9 Å². The number of benzene rings is 1. The second-order valence-corrected chi connectivity index (χ2v) is 6.27. The minimum atomic E-state index is -3.50. The molecule has 0 unspecified atom stereocenters. The van der Waals surface area contributed by atoms with E-state index in [0.29, 0.717) is 37.8 Å². The summed E-state index contributed by atoms with van der Waals surface area (Å²) in [7, 11) is 0.273. The molecule has 1 aromatic carbocycles. The molecule has 0 atom stereocenters. The van der Waals surface area contributed by atoms with Gasteiger partial charge in [0, 0.05) is 19.2 Å². The average Bonchev–Trinajstić information content (AvgIpc) is 2.37. The van der Waals surface area contributed by atoms with Crippen molar-refractivity contribution in [2.75, 3.05) is 40.4 Å². The number of halogens is 1. The number of fused-ring (bicyclic) bond motifs is 1. The molecule has 1 aromatic rings. The molecule has 0 amide bonds. The van der Waals surface area contributed by atoms with Crippen LogP contribution < -0.4 is 14.2 Å². The highest BCUT2D eigenvalue weighted by Gasteiger charge is 2.18. The number of ether oxygens (including phenoxy) is 2. The van der Waals surface area contributed by atoms with E-state index in [4.69, 9.17) is 9.47 Å². The molecule has 6 nitrogen and oxygen atoms in total. The van der Waals surface area contributed by atoms with Crippen molar-refractivity contribution in [3.05, 3.63) is 18.2 Å². The molecule has 0 aliphatic carbocycles. The van der Waals surface area contributed by atoms with E-state index < -0.39 is 10.0 Å². The summed E-state index contributed by atoms with van der Waals surface area (Å²) < 4.78 is 37.4. The summed E-state index contributed by atoms with van der Waals surface area (Å²) in [6.45, 7) is 1.93. The van der Waals surface area contributed by atoms with Gasteiger partial charge in [-0.15, -0.1) is 12.4 Å². The van der Waals surface area contributed by atoms with Crippen molar-refractivity contribution in [3.63, 3.8) is 0 Å². The van der Waals surface area contributed by atoms with Gasteiger partial charge in [-0.1, -0.05) is 0 Å². The predicted octanol–water partition coefficient (Wildman–Crippen LogP) is 0.720. The Morgan fingerprint density at radius 2 is 1.85 bits per heavy atom. The van der Waals surface area contributed by atoms with E-state index in [1.165, 1.54) is 12.1 Å². The third kappa shape index (κ3) is 4.24. The molecular formula is C12H19ClN2O4S. The van der Waals surface area contributed by atoms with Crippen LogP contribution in [0.3, 0.4) is 0 Å². The highest BCUT2D eigenvalue weighted by Crippen LogP contribution is 2.32. The lowest BCUT2D eigenvalue weighted by Crippen LogP contribution is -2.31. The van der Waals surface area contributed by atoms with E-state index in [0.717, 1.165) is 0 Å². The smallest absolute Gasteiger partial charge is 0.240 e. The maximum absolute atomic E-state index is 12.1. The van der Waals surface area contributed by atoms with Gasteiger partial charge >= 0.3 is 0 Å². The number of hydrogen-bond donors (Lipinski definition) is 1. The number of nitrogens with zero attached hydrogens (tertiary/aromatic N) is 1. The summed E-state index contributed by atoms with van der Waals surface area (Å²) in [5.74, 6) is 1.06. The molecule has 1 N–H and O–H groups in total. The van der Waals surface area contributed by atoms with Gasteiger partial charge in [0.25, 0.3) is 0 Å². The maximum atomic E-state index is 12.1. The summed E-state index contributed by atoms with van der Waals surface area (Å²) in [5, 5.41) is 0. The maximum Gasteiger partial charge on any atom is 0.240 e. The first-order valence-electron chi connectivity index (χ1n) is 6.03. The van der Waals surface area contributed by atoms with E-state index in [2.05, 4.69) is 4.72 Å². The summed E-state index contributed by atoms with van der Waals surface area (Å²) in [5.41, 5.74) is 0. The Balaban J connectivity index is 0.00000200. The van der Waals surface area contributed by atoms with E-state index in [-0.39, 0.29) is 17.3 Å². The Hall–Kier alpha value is -1.02. The highest BCUT2D eigenvalue weighted by atomic mass is 35.5. The summed E-state index contributed by atoms with van der Waals surface area (Å²) in [6, 6.07) is 4.63. The Labute approximate surface area is 125 Å². The Kier molecular flexibility index (Phi) is 6.07. The van der Waals surface area contributed by atoms with Crippen molar-refractivity contribution in [1.82, 2.24) is 9.62 Å². The number of hydrogen-bond acceptors (Lipinski definition) is 5. The molecule has 114 valence electrons. The average molecular weight is 323 g/mol. The Morgan fingerprint density at radius 3 is 2.50 bits per heavy atom. The predicted molar refractivity (Wildman–Crippen MR) is 78.4 cm³/mol. The van der Waals surface area contributed by atoms with Crippen LogP contribution in [0.1, 0.15) is 0 Å². The third-order valence-corrected chi connectivity index (χ3v) is 4.13. The van der Waals surface area contributed by atoms with Gasteiger partial charge in [0.15, 0.2) is 11.5 Å². The summed E-state index contributed by atoms with van der Waals surface area (Å²) in [4.78, 5) is 2.10. The van der Waals surface area contributed by atoms with Gasteiger partial charge in [-0.05, 0) is 26.2 Å². The zero-order valence-electron chi connectivity index (χ0n) is 11.5. The van der Waals surface area contributed by atoms with Gasteiger partial charge in [-0.25, -0.2) is 13.1 Å². The molecule has 0 spiro atoms. The number of rotatable bonds is 5. The molecule has 0 saturated carbocycles. The lowest BCUT2D eigenvalue weighted by atomic mass is 10.3. The van der Waals surface area contributed by atoms with Crippen LogP contribution in [-0.2, 0) is 10.0 Å². The monoisotopic (exact) mass is 322 g/mol. The zero-order chi connectivity index (χ0) is 13.9. The van der Waals surface area contributed by atoms with Crippen LogP contribution in [0, 0.1) is 0 Å².